The Bertz CT molecular complexity index is 696. The number of likely N-dealkylation sites (tertiary alicyclic amines) is 1. The summed E-state index contributed by atoms with van der Waals surface area (Å²) in [6, 6.07) is 16.1. The number of piperidine rings is 1. The van der Waals surface area contributed by atoms with Gasteiger partial charge in [0.05, 0.1) is 0 Å². The highest BCUT2D eigenvalue weighted by atomic mass is 16.2. The second-order valence-electron chi connectivity index (χ2n) is 6.61. The van der Waals surface area contributed by atoms with Gasteiger partial charge in [0.25, 0.3) is 5.91 Å². The van der Waals surface area contributed by atoms with Crippen LogP contribution in [0.25, 0.3) is 0 Å². The number of aryl methyl sites for hydroxylation is 2. The summed E-state index contributed by atoms with van der Waals surface area (Å²) in [4.78, 5) is 14.6. The molecule has 1 saturated heterocycles. The lowest BCUT2D eigenvalue weighted by molar-refractivity contribution is 0.0689. The van der Waals surface area contributed by atoms with Crippen LogP contribution in [-0.2, 0) is 0 Å². The molecule has 120 valence electrons. The van der Waals surface area contributed by atoms with Gasteiger partial charge in [0.1, 0.15) is 0 Å². The highest BCUT2D eigenvalue weighted by molar-refractivity contribution is 5.94. The Morgan fingerprint density at radius 2 is 1.78 bits per heavy atom. The Balaban J connectivity index is 1.81. The molecule has 0 aromatic heterocycles. The number of hydrogen-bond donors (Lipinski definition) is 1. The zero-order valence-electron chi connectivity index (χ0n) is 13.8. The lowest BCUT2D eigenvalue weighted by atomic mass is 9.86. The number of carbonyl (C=O) groups excluding carboxylic acids is 1. The number of benzene rings is 2. The summed E-state index contributed by atoms with van der Waals surface area (Å²) in [7, 11) is 0. The Morgan fingerprint density at radius 1 is 1.04 bits per heavy atom. The standard InChI is InChI=1S/C20H24N2O/c1-14-8-9-17(10-15(14)2)18-11-19(21)13-22(12-18)20(23)16-6-4-3-5-7-16/h3-10,18-19H,11-13,21H2,1-2H3. The van der Waals surface area contributed by atoms with Crippen LogP contribution in [-0.4, -0.2) is 29.9 Å². The lowest BCUT2D eigenvalue weighted by Gasteiger charge is -2.37. The van der Waals surface area contributed by atoms with Crippen molar-refractivity contribution in [3.8, 4) is 0 Å². The first kappa shape index (κ1) is 15.8. The van der Waals surface area contributed by atoms with E-state index in [-0.39, 0.29) is 11.9 Å². The topological polar surface area (TPSA) is 46.3 Å². The van der Waals surface area contributed by atoms with Crippen LogP contribution >= 0.6 is 0 Å². The van der Waals surface area contributed by atoms with Crippen molar-refractivity contribution in [1.29, 1.82) is 0 Å². The van der Waals surface area contributed by atoms with Crippen molar-refractivity contribution >= 4 is 5.91 Å². The van der Waals surface area contributed by atoms with Gasteiger partial charge in [-0.3, -0.25) is 4.79 Å². The van der Waals surface area contributed by atoms with Crippen LogP contribution in [0.2, 0.25) is 0 Å². The number of rotatable bonds is 2. The number of hydrogen-bond acceptors (Lipinski definition) is 2. The molecular weight excluding hydrogens is 284 g/mol. The van der Waals surface area contributed by atoms with Gasteiger partial charge >= 0.3 is 0 Å². The minimum absolute atomic E-state index is 0.0306. The monoisotopic (exact) mass is 308 g/mol. The highest BCUT2D eigenvalue weighted by Gasteiger charge is 2.29. The van der Waals surface area contributed by atoms with Crippen LogP contribution in [0.1, 0.15) is 39.4 Å². The SMILES string of the molecule is Cc1ccc(C2CC(N)CN(C(=O)c3ccccc3)C2)cc1C. The Morgan fingerprint density at radius 3 is 2.48 bits per heavy atom. The Hall–Kier alpha value is -2.13. The van der Waals surface area contributed by atoms with E-state index in [4.69, 9.17) is 5.73 Å². The number of nitrogens with zero attached hydrogens (tertiary/aromatic N) is 1. The molecule has 2 aromatic carbocycles. The molecule has 3 heteroatoms. The third-order valence-corrected chi connectivity index (χ3v) is 4.79. The van der Waals surface area contributed by atoms with Gasteiger partial charge in [-0.2, -0.15) is 0 Å². The van der Waals surface area contributed by atoms with E-state index in [1.165, 1.54) is 16.7 Å². The molecule has 1 amide bonds. The molecule has 2 atom stereocenters. The second-order valence-corrected chi connectivity index (χ2v) is 6.61. The molecule has 2 unspecified atom stereocenters. The Kier molecular flexibility index (Phi) is 4.49. The van der Waals surface area contributed by atoms with E-state index in [1.807, 2.05) is 35.2 Å². The summed E-state index contributed by atoms with van der Waals surface area (Å²) in [6.07, 6.45) is 0.932. The molecule has 0 saturated carbocycles. The van der Waals surface area contributed by atoms with E-state index in [1.54, 1.807) is 0 Å². The van der Waals surface area contributed by atoms with E-state index in [2.05, 4.69) is 32.0 Å². The molecule has 0 aliphatic carbocycles. The second kappa shape index (κ2) is 6.55. The van der Waals surface area contributed by atoms with Gasteiger partial charge in [-0.05, 0) is 49.1 Å². The number of amides is 1. The molecule has 1 aliphatic rings. The van der Waals surface area contributed by atoms with E-state index in [0.29, 0.717) is 12.5 Å². The molecule has 3 nitrogen and oxygen atoms in total. The van der Waals surface area contributed by atoms with Crippen molar-refractivity contribution in [1.82, 2.24) is 4.90 Å². The molecule has 2 aromatic rings. The summed E-state index contributed by atoms with van der Waals surface area (Å²) >= 11 is 0. The fourth-order valence-electron chi connectivity index (χ4n) is 3.33. The first-order valence-electron chi connectivity index (χ1n) is 8.21. The third-order valence-electron chi connectivity index (χ3n) is 4.79. The summed E-state index contributed by atoms with van der Waals surface area (Å²) in [5.74, 6) is 0.389. The van der Waals surface area contributed by atoms with Crippen LogP contribution in [0.15, 0.2) is 48.5 Å². The smallest absolute Gasteiger partial charge is 0.253 e. The molecule has 2 N–H and O–H groups in total. The summed E-state index contributed by atoms with van der Waals surface area (Å²) in [5.41, 5.74) is 10.9. The largest absolute Gasteiger partial charge is 0.336 e. The molecule has 1 fully saturated rings. The van der Waals surface area contributed by atoms with Crippen molar-refractivity contribution in [2.24, 2.45) is 5.73 Å². The van der Waals surface area contributed by atoms with Crippen LogP contribution in [0.3, 0.4) is 0 Å². The zero-order chi connectivity index (χ0) is 16.4. The maximum atomic E-state index is 12.7. The van der Waals surface area contributed by atoms with Crippen molar-refractivity contribution in [2.45, 2.75) is 32.2 Å². The van der Waals surface area contributed by atoms with Crippen molar-refractivity contribution < 1.29 is 4.79 Å². The highest BCUT2D eigenvalue weighted by Crippen LogP contribution is 2.28. The average molecular weight is 308 g/mol. The minimum atomic E-state index is 0.0306. The van der Waals surface area contributed by atoms with E-state index >= 15 is 0 Å². The van der Waals surface area contributed by atoms with Crippen LogP contribution in [0.5, 0.6) is 0 Å². The fourth-order valence-corrected chi connectivity index (χ4v) is 3.33. The van der Waals surface area contributed by atoms with Gasteiger partial charge in [0.15, 0.2) is 0 Å². The number of nitrogens with two attached hydrogens (primary N) is 1. The molecule has 23 heavy (non-hydrogen) atoms. The van der Waals surface area contributed by atoms with Crippen LogP contribution in [0.4, 0.5) is 0 Å². The van der Waals surface area contributed by atoms with Crippen molar-refractivity contribution in [3.05, 3.63) is 70.8 Å². The van der Waals surface area contributed by atoms with Crippen LogP contribution < -0.4 is 5.73 Å². The van der Waals surface area contributed by atoms with Gasteiger partial charge in [0.2, 0.25) is 0 Å². The van der Waals surface area contributed by atoms with E-state index in [9.17, 15) is 4.79 Å². The van der Waals surface area contributed by atoms with Gasteiger partial charge in [-0.25, -0.2) is 0 Å². The van der Waals surface area contributed by atoms with Crippen LogP contribution in [0, 0.1) is 13.8 Å². The third kappa shape index (κ3) is 3.45. The summed E-state index contributed by atoms with van der Waals surface area (Å²) < 4.78 is 0. The predicted molar refractivity (Wildman–Crippen MR) is 93.6 cm³/mol. The van der Waals surface area contributed by atoms with Gasteiger partial charge in [0, 0.05) is 30.6 Å². The Labute approximate surface area is 138 Å². The molecule has 1 heterocycles. The van der Waals surface area contributed by atoms with E-state index < -0.39 is 0 Å². The molecule has 1 aliphatic heterocycles. The predicted octanol–water partition coefficient (Wildman–Crippen LogP) is 3.26. The molecular formula is C20H24N2O. The summed E-state index contributed by atoms with van der Waals surface area (Å²) in [5, 5.41) is 0. The minimum Gasteiger partial charge on any atom is -0.336 e. The molecule has 3 rings (SSSR count). The zero-order valence-corrected chi connectivity index (χ0v) is 13.8. The molecule has 0 spiro atoms. The quantitative estimate of drug-likeness (QED) is 0.925. The fraction of sp³-hybridized carbons (Fsp3) is 0.350. The van der Waals surface area contributed by atoms with E-state index in [0.717, 1.165) is 18.5 Å². The van der Waals surface area contributed by atoms with Gasteiger partial charge < -0.3 is 10.6 Å². The van der Waals surface area contributed by atoms with Crippen molar-refractivity contribution in [3.63, 3.8) is 0 Å². The van der Waals surface area contributed by atoms with Gasteiger partial charge in [-0.1, -0.05) is 36.4 Å². The first-order valence-corrected chi connectivity index (χ1v) is 8.21. The average Bonchev–Trinajstić information content (AvgIpc) is 2.57. The molecule has 0 radical (unpaired) electrons. The lowest BCUT2D eigenvalue weighted by Crippen LogP contribution is -2.48. The van der Waals surface area contributed by atoms with Crippen molar-refractivity contribution in [2.75, 3.05) is 13.1 Å². The normalized spacial score (nSPS) is 21.3. The maximum Gasteiger partial charge on any atom is 0.253 e. The summed E-state index contributed by atoms with van der Waals surface area (Å²) in [6.45, 7) is 5.63. The molecule has 0 bridgehead atoms. The maximum absolute atomic E-state index is 12.7. The number of carbonyl (C=O) groups is 1. The first-order chi connectivity index (χ1) is 11.0. The van der Waals surface area contributed by atoms with Gasteiger partial charge in [-0.15, -0.1) is 0 Å².